The second-order valence-corrected chi connectivity index (χ2v) is 5.53. The molecule has 5 unspecified atom stereocenters. The van der Waals surface area contributed by atoms with Gasteiger partial charge in [0.1, 0.15) is 48.8 Å². The highest BCUT2D eigenvalue weighted by Crippen LogP contribution is 2.28. The molecule has 23 heavy (non-hydrogen) atoms. The Kier molecular flexibility index (Phi) is 6.27. The van der Waals surface area contributed by atoms with Crippen LogP contribution in [0, 0.1) is 0 Å². The first-order chi connectivity index (χ1) is 10.8. The minimum Gasteiger partial charge on any atom is -0.394 e. The minimum absolute atomic E-state index is 0.667. The average Bonchev–Trinajstić information content (AvgIpc) is 2.55. The van der Waals surface area contributed by atoms with E-state index in [1.165, 1.54) is 0 Å². The first kappa shape index (κ1) is 18.9. The molecule has 2 rings (SSSR count). The smallest absolute Gasteiger partial charge is 0.187 e. The van der Waals surface area contributed by atoms with Crippen LogP contribution >= 0.6 is 0 Å². The Labute approximate surface area is 130 Å². The SMILES string of the molecule is OCC1O[C@@H](O[C@H]2C(O)C(O)C(O)O[C@H]2CO)[C@@H](O)C(O)[C@H]1O. The topological polar surface area (TPSA) is 190 Å². The van der Waals surface area contributed by atoms with Gasteiger partial charge in [-0.25, -0.2) is 0 Å². The largest absolute Gasteiger partial charge is 0.394 e. The molecule has 0 aromatic carbocycles. The fourth-order valence-electron chi connectivity index (χ4n) is 2.57. The lowest BCUT2D eigenvalue weighted by Crippen LogP contribution is -2.64. The first-order valence-electron chi connectivity index (χ1n) is 7.08. The maximum atomic E-state index is 9.94. The number of ether oxygens (including phenoxy) is 3. The van der Waals surface area contributed by atoms with Crippen LogP contribution in [-0.2, 0) is 14.2 Å². The van der Waals surface area contributed by atoms with E-state index < -0.39 is 74.6 Å². The van der Waals surface area contributed by atoms with Gasteiger partial charge in [-0.05, 0) is 0 Å². The van der Waals surface area contributed by atoms with Crippen LogP contribution in [0.15, 0.2) is 0 Å². The van der Waals surface area contributed by atoms with Gasteiger partial charge in [0.15, 0.2) is 12.6 Å². The van der Waals surface area contributed by atoms with Crippen molar-refractivity contribution in [1.82, 2.24) is 0 Å². The number of hydrogen-bond acceptors (Lipinski definition) is 11. The van der Waals surface area contributed by atoms with Gasteiger partial charge in [0.25, 0.3) is 0 Å². The molecular weight excluding hydrogens is 320 g/mol. The van der Waals surface area contributed by atoms with Crippen molar-refractivity contribution >= 4 is 0 Å². The van der Waals surface area contributed by atoms with E-state index in [2.05, 4.69) is 0 Å². The van der Waals surface area contributed by atoms with E-state index in [4.69, 9.17) is 19.3 Å². The molecule has 0 bridgehead atoms. The number of rotatable bonds is 4. The highest BCUT2D eigenvalue weighted by Gasteiger charge is 2.50. The minimum atomic E-state index is -1.74. The van der Waals surface area contributed by atoms with Crippen molar-refractivity contribution in [2.75, 3.05) is 13.2 Å². The Morgan fingerprint density at radius 3 is 1.83 bits per heavy atom. The summed E-state index contributed by atoms with van der Waals surface area (Å²) in [6.07, 6.45) is -15.6. The van der Waals surface area contributed by atoms with Gasteiger partial charge >= 0.3 is 0 Å². The molecule has 11 heteroatoms. The molecule has 0 aromatic rings. The van der Waals surface area contributed by atoms with Gasteiger partial charge in [0.05, 0.1) is 13.2 Å². The second kappa shape index (κ2) is 7.63. The third kappa shape index (κ3) is 3.65. The van der Waals surface area contributed by atoms with Gasteiger partial charge in [-0.1, -0.05) is 0 Å². The zero-order valence-corrected chi connectivity index (χ0v) is 12.0. The average molecular weight is 342 g/mol. The third-order valence-electron chi connectivity index (χ3n) is 3.98. The lowest BCUT2D eigenvalue weighted by Gasteiger charge is -2.45. The van der Waals surface area contributed by atoms with Gasteiger partial charge < -0.3 is 55.1 Å². The van der Waals surface area contributed by atoms with E-state index in [0.717, 1.165) is 0 Å². The predicted molar refractivity (Wildman–Crippen MR) is 68.6 cm³/mol. The molecule has 2 aliphatic heterocycles. The molecule has 0 spiro atoms. The lowest BCUT2D eigenvalue weighted by atomic mass is 9.97. The summed E-state index contributed by atoms with van der Waals surface area (Å²) in [4.78, 5) is 0. The summed E-state index contributed by atoms with van der Waals surface area (Å²) in [5, 5.41) is 76.5. The first-order valence-corrected chi connectivity index (χ1v) is 7.08. The van der Waals surface area contributed by atoms with Crippen molar-refractivity contribution in [3.8, 4) is 0 Å². The van der Waals surface area contributed by atoms with Crippen LogP contribution in [-0.4, -0.2) is 115 Å². The van der Waals surface area contributed by atoms with E-state index in [1.54, 1.807) is 0 Å². The monoisotopic (exact) mass is 342 g/mol. The molecule has 0 aromatic heterocycles. The molecule has 2 saturated heterocycles. The van der Waals surface area contributed by atoms with Crippen molar-refractivity contribution < 1.29 is 55.1 Å². The van der Waals surface area contributed by atoms with E-state index in [9.17, 15) is 35.7 Å². The van der Waals surface area contributed by atoms with Crippen molar-refractivity contribution in [2.45, 2.75) is 61.4 Å². The van der Waals surface area contributed by atoms with Gasteiger partial charge in [0, 0.05) is 0 Å². The maximum absolute atomic E-state index is 9.94. The Morgan fingerprint density at radius 1 is 0.652 bits per heavy atom. The molecule has 136 valence electrons. The summed E-state index contributed by atoms with van der Waals surface area (Å²) in [5.74, 6) is 0. The summed E-state index contributed by atoms with van der Waals surface area (Å²) >= 11 is 0. The Balaban J connectivity index is 2.11. The van der Waals surface area contributed by atoms with Gasteiger partial charge in [0.2, 0.25) is 0 Å². The lowest BCUT2D eigenvalue weighted by molar-refractivity contribution is -0.355. The summed E-state index contributed by atoms with van der Waals surface area (Å²) in [6, 6.07) is 0. The van der Waals surface area contributed by atoms with E-state index >= 15 is 0 Å². The van der Waals surface area contributed by atoms with Gasteiger partial charge in [-0.3, -0.25) is 0 Å². The van der Waals surface area contributed by atoms with Crippen LogP contribution in [0.2, 0.25) is 0 Å². The van der Waals surface area contributed by atoms with Crippen molar-refractivity contribution in [1.29, 1.82) is 0 Å². The summed E-state index contributed by atoms with van der Waals surface area (Å²) in [6.45, 7) is -1.35. The summed E-state index contributed by atoms with van der Waals surface area (Å²) in [5.41, 5.74) is 0. The molecule has 2 fully saturated rings. The zero-order valence-electron chi connectivity index (χ0n) is 12.0. The Bertz CT molecular complexity index is 378. The van der Waals surface area contributed by atoms with Crippen molar-refractivity contribution in [3.63, 3.8) is 0 Å². The predicted octanol–water partition coefficient (Wildman–Crippen LogP) is -5.40. The number of hydrogen-bond donors (Lipinski definition) is 8. The fraction of sp³-hybridized carbons (Fsp3) is 1.00. The quantitative estimate of drug-likeness (QED) is 0.243. The van der Waals surface area contributed by atoms with Crippen LogP contribution in [0.25, 0.3) is 0 Å². The molecule has 2 aliphatic rings. The molecule has 11 nitrogen and oxygen atoms in total. The van der Waals surface area contributed by atoms with Crippen LogP contribution in [0.4, 0.5) is 0 Å². The van der Waals surface area contributed by atoms with Crippen LogP contribution < -0.4 is 0 Å². The molecule has 0 radical (unpaired) electrons. The number of aliphatic hydroxyl groups excluding tert-OH is 8. The zero-order chi connectivity index (χ0) is 17.3. The second-order valence-electron chi connectivity index (χ2n) is 5.53. The van der Waals surface area contributed by atoms with Crippen LogP contribution in [0.3, 0.4) is 0 Å². The highest BCUT2D eigenvalue weighted by molar-refractivity contribution is 4.93. The fourth-order valence-corrected chi connectivity index (χ4v) is 2.57. The third-order valence-corrected chi connectivity index (χ3v) is 3.98. The molecule has 2 heterocycles. The molecule has 0 amide bonds. The van der Waals surface area contributed by atoms with E-state index in [1.807, 2.05) is 0 Å². The molecule has 0 saturated carbocycles. The Hall–Kier alpha value is -0.440. The summed E-state index contributed by atoms with van der Waals surface area (Å²) in [7, 11) is 0. The molecule has 10 atom stereocenters. The van der Waals surface area contributed by atoms with Crippen LogP contribution in [0.1, 0.15) is 0 Å². The standard InChI is InChI=1S/C12H22O11/c13-1-3-5(15)6(16)9(19)12(22-3)23-10-4(2-14)21-11(20)8(18)7(10)17/h3-20H,1-2H2/t3?,4-,5-,6?,7?,8?,9-,10+,11?,12-/m0/s1. The van der Waals surface area contributed by atoms with Crippen molar-refractivity contribution in [2.24, 2.45) is 0 Å². The maximum Gasteiger partial charge on any atom is 0.187 e. The van der Waals surface area contributed by atoms with Crippen LogP contribution in [0.5, 0.6) is 0 Å². The van der Waals surface area contributed by atoms with Crippen molar-refractivity contribution in [3.05, 3.63) is 0 Å². The normalized spacial score (nSPS) is 51.7. The van der Waals surface area contributed by atoms with Gasteiger partial charge in [-0.15, -0.1) is 0 Å². The van der Waals surface area contributed by atoms with E-state index in [-0.39, 0.29) is 0 Å². The molecule has 0 aliphatic carbocycles. The highest BCUT2D eigenvalue weighted by atomic mass is 16.7. The number of aliphatic hydroxyl groups is 8. The van der Waals surface area contributed by atoms with Gasteiger partial charge in [-0.2, -0.15) is 0 Å². The van der Waals surface area contributed by atoms with E-state index in [0.29, 0.717) is 0 Å². The molecular formula is C12H22O11. The Morgan fingerprint density at radius 2 is 1.26 bits per heavy atom. The summed E-state index contributed by atoms with van der Waals surface area (Å²) < 4.78 is 15.3. The molecule has 8 N–H and O–H groups in total.